The fourth-order valence-corrected chi connectivity index (χ4v) is 2.78. The third-order valence-corrected chi connectivity index (χ3v) is 4.19. The van der Waals surface area contributed by atoms with Crippen LogP contribution in [0, 0.1) is 5.82 Å². The Morgan fingerprint density at radius 3 is 2.60 bits per heavy atom. The lowest BCUT2D eigenvalue weighted by atomic mass is 10.1. The van der Waals surface area contributed by atoms with Gasteiger partial charge in [0.25, 0.3) is 0 Å². The summed E-state index contributed by atoms with van der Waals surface area (Å²) in [5.74, 6) is -0.382. The van der Waals surface area contributed by atoms with E-state index in [9.17, 15) is 9.18 Å². The van der Waals surface area contributed by atoms with Crippen molar-refractivity contribution in [1.82, 2.24) is 9.88 Å². The van der Waals surface area contributed by atoms with Crippen molar-refractivity contribution in [3.63, 3.8) is 0 Å². The van der Waals surface area contributed by atoms with Crippen LogP contribution in [0.5, 0.6) is 0 Å². The molecule has 1 amide bonds. The van der Waals surface area contributed by atoms with Crippen LogP contribution in [0.3, 0.4) is 0 Å². The fraction of sp³-hybridized carbons (Fsp3) is 0.200. The summed E-state index contributed by atoms with van der Waals surface area (Å²) >= 11 is 0. The van der Waals surface area contributed by atoms with Gasteiger partial charge in [-0.2, -0.15) is 0 Å². The highest BCUT2D eigenvalue weighted by atomic mass is 19.1. The number of carbonyl (C=O) groups is 1. The molecule has 0 unspecified atom stereocenters. The van der Waals surface area contributed by atoms with Crippen molar-refractivity contribution in [2.24, 2.45) is 0 Å². The molecule has 0 spiro atoms. The molecule has 0 saturated heterocycles. The van der Waals surface area contributed by atoms with Crippen LogP contribution in [0.4, 0.5) is 10.1 Å². The molecule has 0 fully saturated rings. The van der Waals surface area contributed by atoms with E-state index < -0.39 is 0 Å². The van der Waals surface area contributed by atoms with Crippen LogP contribution >= 0.6 is 0 Å². The number of rotatable bonds is 5. The molecule has 0 bridgehead atoms. The van der Waals surface area contributed by atoms with Gasteiger partial charge in [-0.15, -0.1) is 0 Å². The largest absolute Gasteiger partial charge is 0.364 e. The molecule has 0 aliphatic carbocycles. The van der Waals surface area contributed by atoms with Crippen LogP contribution in [0.2, 0.25) is 0 Å². The molecule has 0 atom stereocenters. The zero-order valence-corrected chi connectivity index (χ0v) is 14.3. The molecule has 1 heterocycles. The highest BCUT2D eigenvalue weighted by Gasteiger charge is 2.15. The Bertz CT molecular complexity index is 892. The first kappa shape index (κ1) is 16.9. The third-order valence-electron chi connectivity index (χ3n) is 4.19. The second-order valence-corrected chi connectivity index (χ2v) is 6.05. The van der Waals surface area contributed by atoms with Gasteiger partial charge in [-0.05, 0) is 18.2 Å². The van der Waals surface area contributed by atoms with Gasteiger partial charge in [0.15, 0.2) is 0 Å². The molecular weight excluding hydrogens is 317 g/mol. The van der Waals surface area contributed by atoms with E-state index >= 15 is 0 Å². The second-order valence-electron chi connectivity index (χ2n) is 6.05. The van der Waals surface area contributed by atoms with Crippen molar-refractivity contribution in [3.05, 3.63) is 72.2 Å². The summed E-state index contributed by atoms with van der Waals surface area (Å²) in [5, 5.41) is 1.03. The minimum atomic E-state index is -0.297. The summed E-state index contributed by atoms with van der Waals surface area (Å²) in [4.78, 5) is 20.3. The Hall–Kier alpha value is -2.95. The van der Waals surface area contributed by atoms with Crippen molar-refractivity contribution in [2.45, 2.75) is 6.54 Å². The van der Waals surface area contributed by atoms with E-state index in [-0.39, 0.29) is 24.8 Å². The number of amides is 1. The van der Waals surface area contributed by atoms with E-state index in [1.807, 2.05) is 42.3 Å². The van der Waals surface area contributed by atoms with Gasteiger partial charge in [-0.25, -0.2) is 4.39 Å². The summed E-state index contributed by atoms with van der Waals surface area (Å²) < 4.78 is 13.8. The lowest BCUT2D eigenvalue weighted by Gasteiger charge is -2.24. The van der Waals surface area contributed by atoms with Crippen LogP contribution in [0.25, 0.3) is 10.9 Å². The Labute approximate surface area is 146 Å². The van der Waals surface area contributed by atoms with Crippen molar-refractivity contribution in [1.29, 1.82) is 0 Å². The second kappa shape index (κ2) is 7.30. The van der Waals surface area contributed by atoms with Gasteiger partial charge < -0.3 is 9.80 Å². The number of likely N-dealkylation sites (N-methyl/N-ethyl adjacent to an activating group) is 2. The molecule has 5 heteroatoms. The van der Waals surface area contributed by atoms with E-state index in [1.54, 1.807) is 31.4 Å². The maximum Gasteiger partial charge on any atom is 0.242 e. The number of pyridine rings is 1. The monoisotopic (exact) mass is 337 g/mol. The smallest absolute Gasteiger partial charge is 0.242 e. The number of nitrogens with zero attached hydrogens (tertiary/aromatic N) is 3. The summed E-state index contributed by atoms with van der Waals surface area (Å²) in [6.07, 6.45) is 1.74. The molecule has 128 valence electrons. The Kier molecular flexibility index (Phi) is 4.93. The molecule has 0 saturated carbocycles. The number of hydrogen-bond donors (Lipinski definition) is 0. The zero-order valence-electron chi connectivity index (χ0n) is 14.3. The lowest BCUT2D eigenvalue weighted by Crippen LogP contribution is -2.36. The quantitative estimate of drug-likeness (QED) is 0.715. The molecule has 1 aromatic heterocycles. The molecule has 3 rings (SSSR count). The van der Waals surface area contributed by atoms with E-state index in [4.69, 9.17) is 0 Å². The van der Waals surface area contributed by atoms with E-state index in [0.717, 1.165) is 16.6 Å². The number of benzene rings is 2. The molecular formula is C20H20FN3O. The van der Waals surface area contributed by atoms with Crippen LogP contribution in [-0.4, -0.2) is 36.4 Å². The predicted octanol–water partition coefficient (Wildman–Crippen LogP) is 3.47. The van der Waals surface area contributed by atoms with Crippen LogP contribution in [0.15, 0.2) is 60.8 Å². The fourth-order valence-electron chi connectivity index (χ4n) is 2.78. The predicted molar refractivity (Wildman–Crippen MR) is 97.9 cm³/mol. The summed E-state index contributed by atoms with van der Waals surface area (Å²) in [7, 11) is 3.54. The van der Waals surface area contributed by atoms with Gasteiger partial charge >= 0.3 is 0 Å². The molecule has 4 nitrogen and oxygen atoms in total. The summed E-state index contributed by atoms with van der Waals surface area (Å²) in [5.41, 5.74) is 2.26. The molecule has 0 aliphatic heterocycles. The van der Waals surface area contributed by atoms with Crippen LogP contribution < -0.4 is 4.90 Å². The number of para-hydroxylation sites is 1. The van der Waals surface area contributed by atoms with Gasteiger partial charge in [0.2, 0.25) is 5.91 Å². The highest BCUT2D eigenvalue weighted by Crippen LogP contribution is 2.23. The van der Waals surface area contributed by atoms with E-state index in [2.05, 4.69) is 4.98 Å². The highest BCUT2D eigenvalue weighted by molar-refractivity contribution is 5.92. The standard InChI is InChI=1S/C20H20FN3O/c1-23(18-11-5-8-15-9-6-12-22-20(15)18)14-19(25)24(2)13-16-7-3-4-10-17(16)21/h3-12H,13-14H2,1-2H3. The molecule has 2 aromatic carbocycles. The van der Waals surface area contributed by atoms with E-state index in [1.165, 1.54) is 11.0 Å². The van der Waals surface area contributed by atoms with E-state index in [0.29, 0.717) is 5.56 Å². The lowest BCUT2D eigenvalue weighted by molar-refractivity contribution is -0.128. The number of aromatic nitrogens is 1. The summed E-state index contributed by atoms with van der Waals surface area (Å²) in [6, 6.07) is 16.3. The Morgan fingerprint density at radius 2 is 1.80 bits per heavy atom. The summed E-state index contributed by atoms with van der Waals surface area (Å²) in [6.45, 7) is 0.438. The number of fused-ring (bicyclic) bond motifs is 1. The average Bonchev–Trinajstić information content (AvgIpc) is 2.63. The molecule has 25 heavy (non-hydrogen) atoms. The normalized spacial score (nSPS) is 10.7. The third kappa shape index (κ3) is 3.76. The minimum absolute atomic E-state index is 0.0845. The SMILES string of the molecule is CN(Cc1ccccc1F)C(=O)CN(C)c1cccc2cccnc12. The topological polar surface area (TPSA) is 36.4 Å². The zero-order chi connectivity index (χ0) is 17.8. The first-order valence-corrected chi connectivity index (χ1v) is 8.08. The van der Waals surface area contributed by atoms with Crippen molar-refractivity contribution in [2.75, 3.05) is 25.5 Å². The Balaban J connectivity index is 1.72. The number of halogens is 1. The molecule has 0 N–H and O–H groups in total. The maximum atomic E-state index is 13.8. The van der Waals surface area contributed by atoms with Gasteiger partial charge in [0, 0.05) is 37.8 Å². The van der Waals surface area contributed by atoms with Crippen molar-refractivity contribution < 1.29 is 9.18 Å². The minimum Gasteiger partial charge on any atom is -0.364 e. The van der Waals surface area contributed by atoms with Crippen molar-refractivity contribution in [3.8, 4) is 0 Å². The van der Waals surface area contributed by atoms with Gasteiger partial charge in [-0.1, -0.05) is 36.4 Å². The van der Waals surface area contributed by atoms with Crippen LogP contribution in [-0.2, 0) is 11.3 Å². The number of carbonyl (C=O) groups excluding carboxylic acids is 1. The van der Waals surface area contributed by atoms with Gasteiger partial charge in [-0.3, -0.25) is 9.78 Å². The average molecular weight is 337 g/mol. The maximum absolute atomic E-state index is 13.8. The van der Waals surface area contributed by atoms with Crippen molar-refractivity contribution >= 4 is 22.5 Å². The number of hydrogen-bond acceptors (Lipinski definition) is 3. The molecule has 3 aromatic rings. The number of anilines is 1. The Morgan fingerprint density at radius 1 is 1.04 bits per heavy atom. The van der Waals surface area contributed by atoms with Gasteiger partial charge in [0.05, 0.1) is 17.7 Å². The molecule has 0 radical (unpaired) electrons. The first-order valence-electron chi connectivity index (χ1n) is 8.08. The van der Waals surface area contributed by atoms with Gasteiger partial charge in [0.1, 0.15) is 5.82 Å². The first-order chi connectivity index (χ1) is 12.1. The van der Waals surface area contributed by atoms with Crippen LogP contribution in [0.1, 0.15) is 5.56 Å². The molecule has 0 aliphatic rings.